The van der Waals surface area contributed by atoms with Crippen LogP contribution >= 0.6 is 0 Å². The third kappa shape index (κ3) is 2.62. The molecule has 0 radical (unpaired) electrons. The Hall–Kier alpha value is -2.81. The number of benzene rings is 1. The van der Waals surface area contributed by atoms with Crippen molar-refractivity contribution >= 4 is 26.6 Å². The highest BCUT2D eigenvalue weighted by Crippen LogP contribution is 2.32. The van der Waals surface area contributed by atoms with Crippen molar-refractivity contribution in [1.82, 2.24) is 14.8 Å². The van der Waals surface area contributed by atoms with Crippen LogP contribution in [0.5, 0.6) is 0 Å². The van der Waals surface area contributed by atoms with Crippen molar-refractivity contribution < 1.29 is 13.3 Å². The summed E-state index contributed by atoms with van der Waals surface area (Å²) in [5.41, 5.74) is 2.40. The van der Waals surface area contributed by atoms with Gasteiger partial charge in [0.15, 0.2) is 20.5 Å². The van der Waals surface area contributed by atoms with E-state index in [9.17, 15) is 18.5 Å². The van der Waals surface area contributed by atoms with Gasteiger partial charge in [0.05, 0.1) is 10.6 Å². The fourth-order valence-corrected chi connectivity index (χ4v) is 3.19. The number of hydrogen-bond donors (Lipinski definition) is 0. The van der Waals surface area contributed by atoms with Crippen LogP contribution < -0.4 is 0 Å². The van der Waals surface area contributed by atoms with Gasteiger partial charge in [-0.05, 0) is 36.2 Å². The van der Waals surface area contributed by atoms with Crippen LogP contribution in [0.4, 0.5) is 5.69 Å². The number of rotatable bonds is 3. The zero-order valence-corrected chi connectivity index (χ0v) is 14.0. The summed E-state index contributed by atoms with van der Waals surface area (Å²) >= 11 is 0. The highest BCUT2D eigenvalue weighted by molar-refractivity contribution is 7.90. The van der Waals surface area contributed by atoms with E-state index in [0.717, 1.165) is 11.6 Å². The number of non-ortho nitro benzene ring substituents is 1. The second-order valence-corrected chi connectivity index (χ2v) is 7.45. The summed E-state index contributed by atoms with van der Waals surface area (Å²) < 4.78 is 25.4. The van der Waals surface area contributed by atoms with Crippen molar-refractivity contribution in [2.45, 2.75) is 11.9 Å². The van der Waals surface area contributed by atoms with E-state index in [0.29, 0.717) is 22.5 Å². The summed E-state index contributed by atoms with van der Waals surface area (Å²) in [5.74, 6) is 0. The molecule has 2 aromatic heterocycles. The molecule has 1 aromatic carbocycles. The van der Waals surface area contributed by atoms with Crippen molar-refractivity contribution in [3.8, 4) is 11.1 Å². The number of aryl methyl sites for hydroxylation is 2. The van der Waals surface area contributed by atoms with Crippen LogP contribution in [0.15, 0.2) is 35.4 Å². The van der Waals surface area contributed by atoms with Gasteiger partial charge >= 0.3 is 0 Å². The lowest BCUT2D eigenvalue weighted by molar-refractivity contribution is -0.384. The van der Waals surface area contributed by atoms with E-state index in [1.165, 1.54) is 22.9 Å². The van der Waals surface area contributed by atoms with Gasteiger partial charge in [0.2, 0.25) is 0 Å². The molecule has 0 spiro atoms. The van der Waals surface area contributed by atoms with Gasteiger partial charge in [-0.1, -0.05) is 0 Å². The lowest BCUT2D eigenvalue weighted by Gasteiger charge is -2.07. The first-order chi connectivity index (χ1) is 11.2. The maximum atomic E-state index is 11.9. The van der Waals surface area contributed by atoms with Gasteiger partial charge in [0, 0.05) is 30.8 Å². The highest BCUT2D eigenvalue weighted by Gasteiger charge is 2.19. The standard InChI is InChI=1S/C15H14N4O4S/c1-9-14-12(10-4-6-11(7-5-10)19(20)21)8-13(24(3,22)23)16-15(14)18(2)17-9/h4-8H,1-3H3. The second-order valence-electron chi connectivity index (χ2n) is 5.49. The molecule has 0 saturated heterocycles. The minimum absolute atomic E-state index is 0.0321. The molecule has 0 aliphatic rings. The average Bonchev–Trinajstić information content (AvgIpc) is 2.80. The monoisotopic (exact) mass is 346 g/mol. The number of sulfone groups is 1. The van der Waals surface area contributed by atoms with Crippen LogP contribution in [0.25, 0.3) is 22.2 Å². The molecular weight excluding hydrogens is 332 g/mol. The Morgan fingerprint density at radius 3 is 2.38 bits per heavy atom. The van der Waals surface area contributed by atoms with Crippen molar-refractivity contribution in [3.63, 3.8) is 0 Å². The first-order valence-corrected chi connectivity index (χ1v) is 8.87. The third-order valence-electron chi connectivity index (χ3n) is 3.71. The van der Waals surface area contributed by atoms with Crippen LogP contribution in [0, 0.1) is 17.0 Å². The molecule has 0 aliphatic carbocycles. The first-order valence-electron chi connectivity index (χ1n) is 6.97. The van der Waals surface area contributed by atoms with Gasteiger partial charge in [-0.25, -0.2) is 13.4 Å². The summed E-state index contributed by atoms with van der Waals surface area (Å²) in [5, 5.41) is 15.8. The lowest BCUT2D eigenvalue weighted by atomic mass is 10.0. The highest BCUT2D eigenvalue weighted by atomic mass is 32.2. The Bertz CT molecular complexity index is 1070. The summed E-state index contributed by atoms with van der Waals surface area (Å²) in [4.78, 5) is 14.5. The lowest BCUT2D eigenvalue weighted by Crippen LogP contribution is -2.03. The second kappa shape index (κ2) is 5.38. The molecule has 0 atom stereocenters. The van der Waals surface area contributed by atoms with Gasteiger partial charge in [0.25, 0.3) is 5.69 Å². The number of hydrogen-bond acceptors (Lipinski definition) is 6. The van der Waals surface area contributed by atoms with Crippen molar-refractivity contribution in [3.05, 3.63) is 46.1 Å². The van der Waals surface area contributed by atoms with E-state index < -0.39 is 14.8 Å². The van der Waals surface area contributed by atoms with E-state index in [1.807, 2.05) is 0 Å². The normalized spacial score (nSPS) is 11.8. The molecule has 3 rings (SSSR count). The molecule has 124 valence electrons. The van der Waals surface area contributed by atoms with Crippen molar-refractivity contribution in [1.29, 1.82) is 0 Å². The number of nitro benzene ring substituents is 1. The topological polar surface area (TPSA) is 108 Å². The summed E-state index contributed by atoms with van der Waals surface area (Å²) in [6.07, 6.45) is 1.09. The van der Waals surface area contributed by atoms with Crippen molar-refractivity contribution in [2.24, 2.45) is 7.05 Å². The Kier molecular flexibility index (Phi) is 3.60. The molecule has 0 fully saturated rings. The van der Waals surface area contributed by atoms with E-state index in [-0.39, 0.29) is 10.7 Å². The fourth-order valence-electron chi connectivity index (χ4n) is 2.60. The summed E-state index contributed by atoms with van der Waals surface area (Å²) in [7, 11) is -1.83. The zero-order chi connectivity index (χ0) is 17.6. The van der Waals surface area contributed by atoms with E-state index in [1.54, 1.807) is 26.1 Å². The molecule has 0 aliphatic heterocycles. The molecule has 0 bridgehead atoms. The van der Waals surface area contributed by atoms with E-state index >= 15 is 0 Å². The van der Waals surface area contributed by atoms with Gasteiger partial charge in [-0.15, -0.1) is 0 Å². The Labute approximate surface area is 137 Å². The Morgan fingerprint density at radius 2 is 1.83 bits per heavy atom. The van der Waals surface area contributed by atoms with Crippen LogP contribution in [0.3, 0.4) is 0 Å². The quantitative estimate of drug-likeness (QED) is 0.531. The van der Waals surface area contributed by atoms with Gasteiger partial charge in [0.1, 0.15) is 0 Å². The third-order valence-corrected chi connectivity index (χ3v) is 4.68. The summed E-state index contributed by atoms with van der Waals surface area (Å²) in [6, 6.07) is 7.42. The fraction of sp³-hybridized carbons (Fsp3) is 0.200. The molecule has 9 heteroatoms. The number of fused-ring (bicyclic) bond motifs is 1. The van der Waals surface area contributed by atoms with Crippen LogP contribution in [-0.4, -0.2) is 34.4 Å². The number of aromatic nitrogens is 3. The average molecular weight is 346 g/mol. The van der Waals surface area contributed by atoms with Crippen LogP contribution in [-0.2, 0) is 16.9 Å². The van der Waals surface area contributed by atoms with Crippen LogP contribution in [0.1, 0.15) is 5.69 Å². The maximum absolute atomic E-state index is 11.9. The molecule has 2 heterocycles. The Morgan fingerprint density at radius 1 is 1.21 bits per heavy atom. The summed E-state index contributed by atoms with van der Waals surface area (Å²) in [6.45, 7) is 1.80. The number of nitrogens with zero attached hydrogens (tertiary/aromatic N) is 4. The smallest absolute Gasteiger partial charge is 0.258 e. The van der Waals surface area contributed by atoms with E-state index in [4.69, 9.17) is 0 Å². The predicted molar refractivity (Wildman–Crippen MR) is 88.4 cm³/mol. The van der Waals surface area contributed by atoms with Crippen LogP contribution in [0.2, 0.25) is 0 Å². The Balaban J connectivity index is 2.35. The van der Waals surface area contributed by atoms with Crippen molar-refractivity contribution in [2.75, 3.05) is 6.26 Å². The molecule has 24 heavy (non-hydrogen) atoms. The number of nitro groups is 1. The van der Waals surface area contributed by atoms with Gasteiger partial charge in [-0.2, -0.15) is 5.10 Å². The predicted octanol–water partition coefficient (Wildman–Crippen LogP) is 2.26. The SMILES string of the molecule is Cc1nn(C)c2nc(S(C)(=O)=O)cc(-c3ccc([N+](=O)[O-])cc3)c12. The molecule has 8 nitrogen and oxygen atoms in total. The zero-order valence-electron chi connectivity index (χ0n) is 13.2. The van der Waals surface area contributed by atoms with Gasteiger partial charge < -0.3 is 0 Å². The largest absolute Gasteiger partial charge is 0.269 e. The molecule has 0 saturated carbocycles. The molecule has 0 amide bonds. The van der Waals surface area contributed by atoms with E-state index in [2.05, 4.69) is 10.1 Å². The minimum Gasteiger partial charge on any atom is -0.258 e. The maximum Gasteiger partial charge on any atom is 0.269 e. The number of pyridine rings is 1. The molecule has 0 unspecified atom stereocenters. The minimum atomic E-state index is -3.51. The molecule has 0 N–H and O–H groups in total. The van der Waals surface area contributed by atoms with Gasteiger partial charge in [-0.3, -0.25) is 14.8 Å². The first kappa shape index (κ1) is 16.1. The molecule has 3 aromatic rings. The molecular formula is C15H14N4O4S.